The first-order chi connectivity index (χ1) is 9.31. The zero-order valence-electron chi connectivity index (χ0n) is 10.3. The van der Waals surface area contributed by atoms with Crippen molar-refractivity contribution < 1.29 is 0 Å². The molecule has 1 aromatic carbocycles. The first-order valence-corrected chi connectivity index (χ1v) is 7.23. The summed E-state index contributed by atoms with van der Waals surface area (Å²) in [4.78, 5) is 4.26. The molecule has 0 atom stereocenters. The van der Waals surface area contributed by atoms with Crippen molar-refractivity contribution in [3.8, 4) is 11.3 Å². The fourth-order valence-electron chi connectivity index (χ4n) is 2.73. The molecule has 0 fully saturated rings. The molecule has 0 aliphatic heterocycles. The van der Waals surface area contributed by atoms with E-state index in [0.717, 1.165) is 15.9 Å². The highest BCUT2D eigenvalue weighted by Gasteiger charge is 2.12. The Kier molecular flexibility index (Phi) is 2.45. The zero-order valence-corrected chi connectivity index (χ0v) is 11.9. The average Bonchev–Trinajstić information content (AvgIpc) is 3.05. The molecule has 4 rings (SSSR count). The zero-order chi connectivity index (χ0) is 12.8. The normalized spacial score (nSPS) is 13.9. The second kappa shape index (κ2) is 4.17. The Morgan fingerprint density at radius 2 is 1.95 bits per heavy atom. The third kappa shape index (κ3) is 1.78. The van der Waals surface area contributed by atoms with Crippen molar-refractivity contribution in [2.24, 2.45) is 0 Å². The van der Waals surface area contributed by atoms with Gasteiger partial charge in [0.1, 0.15) is 4.60 Å². The van der Waals surface area contributed by atoms with Gasteiger partial charge in [-0.3, -0.25) is 0 Å². The largest absolute Gasteiger partial charge is 0.234 e. The van der Waals surface area contributed by atoms with E-state index in [2.05, 4.69) is 44.2 Å². The molecule has 0 saturated carbocycles. The van der Waals surface area contributed by atoms with Crippen molar-refractivity contribution in [1.82, 2.24) is 14.6 Å². The third-order valence-electron chi connectivity index (χ3n) is 3.71. The van der Waals surface area contributed by atoms with E-state index in [9.17, 15) is 0 Å². The van der Waals surface area contributed by atoms with Crippen LogP contribution in [-0.4, -0.2) is 14.6 Å². The molecule has 94 valence electrons. The minimum Gasteiger partial charge on any atom is -0.234 e. The van der Waals surface area contributed by atoms with Gasteiger partial charge in [-0.05, 0) is 64.5 Å². The van der Waals surface area contributed by atoms with Crippen LogP contribution in [0.15, 0.2) is 41.1 Å². The molecule has 19 heavy (non-hydrogen) atoms. The third-order valence-corrected chi connectivity index (χ3v) is 4.26. The van der Waals surface area contributed by atoms with Gasteiger partial charge in [0.2, 0.25) is 0 Å². The van der Waals surface area contributed by atoms with Crippen LogP contribution in [0.2, 0.25) is 0 Å². The summed E-state index contributed by atoms with van der Waals surface area (Å²) in [5.41, 5.74) is 6.00. The van der Waals surface area contributed by atoms with E-state index in [0.29, 0.717) is 0 Å². The van der Waals surface area contributed by atoms with Gasteiger partial charge in [0.25, 0.3) is 0 Å². The first-order valence-electron chi connectivity index (χ1n) is 6.44. The fourth-order valence-corrected chi connectivity index (χ4v) is 3.09. The number of benzene rings is 1. The molecule has 0 N–H and O–H groups in total. The van der Waals surface area contributed by atoms with Crippen LogP contribution in [0.5, 0.6) is 0 Å². The highest BCUT2D eigenvalue weighted by Crippen LogP contribution is 2.27. The molecular formula is C15H12BrN3. The van der Waals surface area contributed by atoms with Crippen molar-refractivity contribution in [3.05, 3.63) is 52.3 Å². The van der Waals surface area contributed by atoms with Crippen LogP contribution in [0.4, 0.5) is 0 Å². The molecule has 0 radical (unpaired) electrons. The SMILES string of the molecule is Brc1cnc2ccc(-c3ccc4c(c3)CCC4)nn12. The summed E-state index contributed by atoms with van der Waals surface area (Å²) in [5.74, 6) is 0. The minimum absolute atomic E-state index is 0.858. The molecule has 3 nitrogen and oxygen atoms in total. The van der Waals surface area contributed by atoms with Gasteiger partial charge in [-0.15, -0.1) is 0 Å². The number of hydrogen-bond acceptors (Lipinski definition) is 2. The Morgan fingerprint density at radius 3 is 2.89 bits per heavy atom. The van der Waals surface area contributed by atoms with Gasteiger partial charge in [0.05, 0.1) is 11.9 Å². The molecule has 1 aliphatic rings. The van der Waals surface area contributed by atoms with Crippen molar-refractivity contribution >= 4 is 21.6 Å². The predicted octanol–water partition coefficient (Wildman–Crippen LogP) is 3.65. The Bertz CT molecular complexity index is 776. The van der Waals surface area contributed by atoms with E-state index < -0.39 is 0 Å². The molecule has 4 heteroatoms. The van der Waals surface area contributed by atoms with Gasteiger partial charge in [-0.2, -0.15) is 5.10 Å². The molecule has 0 amide bonds. The average molecular weight is 314 g/mol. The predicted molar refractivity (Wildman–Crippen MR) is 78.1 cm³/mol. The topological polar surface area (TPSA) is 30.2 Å². The van der Waals surface area contributed by atoms with E-state index in [1.807, 2.05) is 16.6 Å². The van der Waals surface area contributed by atoms with E-state index in [1.165, 1.54) is 36.0 Å². The van der Waals surface area contributed by atoms with E-state index >= 15 is 0 Å². The number of rotatable bonds is 1. The molecule has 1 aliphatic carbocycles. The summed E-state index contributed by atoms with van der Waals surface area (Å²) in [6.45, 7) is 0. The van der Waals surface area contributed by atoms with E-state index in [4.69, 9.17) is 0 Å². The lowest BCUT2D eigenvalue weighted by Gasteiger charge is -2.05. The monoisotopic (exact) mass is 313 g/mol. The summed E-state index contributed by atoms with van der Waals surface area (Å²) < 4.78 is 2.70. The van der Waals surface area contributed by atoms with Crippen molar-refractivity contribution in [2.45, 2.75) is 19.3 Å². The molecule has 0 saturated heterocycles. The standard InChI is InChI=1S/C15H12BrN3/c16-14-9-17-15-7-6-13(18-19(14)15)12-5-4-10-2-1-3-11(10)8-12/h4-9H,1-3H2. The van der Waals surface area contributed by atoms with Crippen LogP contribution in [0.1, 0.15) is 17.5 Å². The second-order valence-electron chi connectivity index (χ2n) is 4.91. The number of hydrogen-bond donors (Lipinski definition) is 0. The lowest BCUT2D eigenvalue weighted by molar-refractivity contribution is 0.911. The van der Waals surface area contributed by atoms with Crippen LogP contribution in [0.3, 0.4) is 0 Å². The summed E-state index contributed by atoms with van der Waals surface area (Å²) in [5, 5.41) is 4.64. The molecule has 0 bridgehead atoms. The Morgan fingerprint density at radius 1 is 1.05 bits per heavy atom. The van der Waals surface area contributed by atoms with Crippen LogP contribution < -0.4 is 0 Å². The van der Waals surface area contributed by atoms with Crippen LogP contribution in [0, 0.1) is 0 Å². The van der Waals surface area contributed by atoms with E-state index in [1.54, 1.807) is 6.20 Å². The number of halogens is 1. The molecule has 3 aromatic rings. The lowest BCUT2D eigenvalue weighted by Crippen LogP contribution is -1.95. The molecule has 2 heterocycles. The van der Waals surface area contributed by atoms with Gasteiger partial charge in [0.15, 0.2) is 5.65 Å². The summed E-state index contributed by atoms with van der Waals surface area (Å²) >= 11 is 3.46. The fraction of sp³-hybridized carbons (Fsp3) is 0.200. The maximum Gasteiger partial charge on any atom is 0.154 e. The van der Waals surface area contributed by atoms with Gasteiger partial charge in [0, 0.05) is 5.56 Å². The molecule has 0 unspecified atom stereocenters. The maximum absolute atomic E-state index is 4.64. The van der Waals surface area contributed by atoms with Crippen LogP contribution >= 0.6 is 15.9 Å². The Hall–Kier alpha value is -1.68. The Balaban J connectivity index is 1.87. The van der Waals surface area contributed by atoms with Crippen molar-refractivity contribution in [2.75, 3.05) is 0 Å². The lowest BCUT2D eigenvalue weighted by atomic mass is 10.0. The summed E-state index contributed by atoms with van der Waals surface area (Å²) in [6, 6.07) is 10.7. The van der Waals surface area contributed by atoms with Crippen molar-refractivity contribution in [1.29, 1.82) is 0 Å². The number of aromatic nitrogens is 3. The second-order valence-corrected chi connectivity index (χ2v) is 5.72. The highest BCUT2D eigenvalue weighted by atomic mass is 79.9. The van der Waals surface area contributed by atoms with Crippen LogP contribution in [0.25, 0.3) is 16.9 Å². The number of nitrogens with zero attached hydrogens (tertiary/aromatic N) is 3. The van der Waals surface area contributed by atoms with Gasteiger partial charge in [-0.1, -0.05) is 12.1 Å². The molecule has 2 aromatic heterocycles. The van der Waals surface area contributed by atoms with Crippen molar-refractivity contribution in [3.63, 3.8) is 0 Å². The van der Waals surface area contributed by atoms with Gasteiger partial charge < -0.3 is 0 Å². The summed E-state index contributed by atoms with van der Waals surface area (Å²) in [7, 11) is 0. The quantitative estimate of drug-likeness (QED) is 0.686. The number of aryl methyl sites for hydroxylation is 2. The minimum atomic E-state index is 0.858. The molecular weight excluding hydrogens is 302 g/mol. The Labute approximate surface area is 119 Å². The van der Waals surface area contributed by atoms with Gasteiger partial charge in [-0.25, -0.2) is 9.50 Å². The number of fused-ring (bicyclic) bond motifs is 2. The van der Waals surface area contributed by atoms with Crippen LogP contribution in [-0.2, 0) is 12.8 Å². The summed E-state index contributed by atoms with van der Waals surface area (Å²) in [6.07, 6.45) is 5.46. The van der Waals surface area contributed by atoms with Gasteiger partial charge >= 0.3 is 0 Å². The number of imidazole rings is 1. The van der Waals surface area contributed by atoms with E-state index in [-0.39, 0.29) is 0 Å². The highest BCUT2D eigenvalue weighted by molar-refractivity contribution is 9.10. The molecule has 0 spiro atoms. The maximum atomic E-state index is 4.64. The first kappa shape index (κ1) is 11.2. The smallest absolute Gasteiger partial charge is 0.154 e.